The van der Waals surface area contributed by atoms with Gasteiger partial charge < -0.3 is 14.6 Å². The Bertz CT molecular complexity index is 1020. The van der Waals surface area contributed by atoms with E-state index >= 15 is 0 Å². The van der Waals surface area contributed by atoms with Crippen LogP contribution in [0.15, 0.2) is 67.0 Å². The van der Waals surface area contributed by atoms with Gasteiger partial charge in [-0.2, -0.15) is 0 Å². The van der Waals surface area contributed by atoms with Gasteiger partial charge >= 0.3 is 6.09 Å². The quantitative estimate of drug-likeness (QED) is 0.613. The summed E-state index contributed by atoms with van der Waals surface area (Å²) in [6, 6.07) is 15.5. The summed E-state index contributed by atoms with van der Waals surface area (Å²) in [5, 5.41) is 5.08. The molecule has 0 aliphatic rings. The van der Waals surface area contributed by atoms with Crippen LogP contribution in [0.4, 0.5) is 20.6 Å². The molecule has 1 heterocycles. The molecule has 0 atom stereocenters. The number of carbonyl (C=O) groups is 2. The number of amides is 2. The maximum atomic E-state index is 14.0. The monoisotopic (exact) mass is 409 g/mol. The molecule has 0 fully saturated rings. The Morgan fingerprint density at radius 1 is 1.00 bits per heavy atom. The Balaban J connectivity index is 1.61. The van der Waals surface area contributed by atoms with Crippen LogP contribution in [0, 0.1) is 5.82 Å². The van der Waals surface area contributed by atoms with Crippen molar-refractivity contribution in [2.75, 3.05) is 10.6 Å². The zero-order valence-corrected chi connectivity index (χ0v) is 17.1. The molecule has 6 nitrogen and oxygen atoms in total. The normalized spacial score (nSPS) is 11.1. The highest BCUT2D eigenvalue weighted by molar-refractivity contribution is 5.93. The molecule has 0 aliphatic carbocycles. The van der Waals surface area contributed by atoms with E-state index in [0.717, 1.165) is 11.3 Å². The number of carbonyl (C=O) groups excluding carboxylic acids is 2. The standard InChI is InChI=1S/C23H24FN3O3/c1-23(2,3)30-22(29)26-20-15-17(8-11-19(20)24)25-21(28)14-16-6-9-18(10-7-16)27-12-4-5-13-27/h4-13,15H,14H2,1-3H3,(H,25,28)(H,26,29). The van der Waals surface area contributed by atoms with Crippen molar-refractivity contribution >= 4 is 23.4 Å². The first-order valence-electron chi connectivity index (χ1n) is 9.51. The summed E-state index contributed by atoms with van der Waals surface area (Å²) >= 11 is 0. The van der Waals surface area contributed by atoms with E-state index in [1.54, 1.807) is 20.8 Å². The Hall–Kier alpha value is -3.61. The number of nitrogens with one attached hydrogen (secondary N) is 2. The second-order valence-electron chi connectivity index (χ2n) is 7.80. The minimum Gasteiger partial charge on any atom is -0.444 e. The average molecular weight is 409 g/mol. The van der Waals surface area contributed by atoms with Gasteiger partial charge in [0, 0.05) is 23.8 Å². The molecule has 0 spiro atoms. The van der Waals surface area contributed by atoms with Crippen LogP contribution in [0.5, 0.6) is 0 Å². The molecule has 0 unspecified atom stereocenters. The largest absolute Gasteiger partial charge is 0.444 e. The SMILES string of the molecule is CC(C)(C)OC(=O)Nc1cc(NC(=O)Cc2ccc(-n3cccc3)cc2)ccc1F. The molecule has 0 saturated carbocycles. The van der Waals surface area contributed by atoms with E-state index in [9.17, 15) is 14.0 Å². The lowest BCUT2D eigenvalue weighted by molar-refractivity contribution is -0.115. The summed E-state index contributed by atoms with van der Waals surface area (Å²) in [4.78, 5) is 24.3. The molecular formula is C23H24FN3O3. The summed E-state index contributed by atoms with van der Waals surface area (Å²) in [6.45, 7) is 5.14. The Labute approximate surface area is 174 Å². The first-order valence-corrected chi connectivity index (χ1v) is 9.51. The van der Waals surface area contributed by atoms with Gasteiger partial charge in [-0.1, -0.05) is 12.1 Å². The maximum absolute atomic E-state index is 14.0. The third kappa shape index (κ3) is 5.94. The number of rotatable bonds is 5. The average Bonchev–Trinajstić information content (AvgIpc) is 3.18. The molecule has 1 aromatic heterocycles. The van der Waals surface area contributed by atoms with Crippen molar-refractivity contribution in [1.29, 1.82) is 0 Å². The van der Waals surface area contributed by atoms with Gasteiger partial charge in [-0.3, -0.25) is 10.1 Å². The van der Waals surface area contributed by atoms with Gasteiger partial charge in [0.2, 0.25) is 5.91 Å². The summed E-state index contributed by atoms with van der Waals surface area (Å²) in [5.41, 5.74) is 1.44. The van der Waals surface area contributed by atoms with E-state index in [4.69, 9.17) is 4.74 Å². The number of anilines is 2. The Morgan fingerprint density at radius 3 is 2.30 bits per heavy atom. The number of hydrogen-bond donors (Lipinski definition) is 2. The van der Waals surface area contributed by atoms with E-state index in [2.05, 4.69) is 10.6 Å². The number of nitrogens with zero attached hydrogens (tertiary/aromatic N) is 1. The molecule has 3 aromatic rings. The summed E-state index contributed by atoms with van der Waals surface area (Å²) in [5.74, 6) is -0.877. The second kappa shape index (κ2) is 8.82. The molecule has 2 aromatic carbocycles. The zero-order valence-electron chi connectivity index (χ0n) is 17.1. The van der Waals surface area contributed by atoms with Crippen LogP contribution in [-0.2, 0) is 16.0 Å². The van der Waals surface area contributed by atoms with Crippen LogP contribution < -0.4 is 10.6 Å². The van der Waals surface area contributed by atoms with Crippen LogP contribution in [0.2, 0.25) is 0 Å². The van der Waals surface area contributed by atoms with Gasteiger partial charge in [0.15, 0.2) is 0 Å². The molecule has 2 N–H and O–H groups in total. The minimum absolute atomic E-state index is 0.0712. The lowest BCUT2D eigenvalue weighted by Gasteiger charge is -2.20. The van der Waals surface area contributed by atoms with Gasteiger partial charge in [0.05, 0.1) is 12.1 Å². The number of halogens is 1. The highest BCUT2D eigenvalue weighted by atomic mass is 19.1. The van der Waals surface area contributed by atoms with Crippen LogP contribution >= 0.6 is 0 Å². The van der Waals surface area contributed by atoms with Crippen molar-refractivity contribution in [2.45, 2.75) is 32.8 Å². The third-order valence-corrected chi connectivity index (χ3v) is 4.09. The van der Waals surface area contributed by atoms with Crippen LogP contribution in [0.3, 0.4) is 0 Å². The van der Waals surface area contributed by atoms with Crippen molar-refractivity contribution in [3.63, 3.8) is 0 Å². The predicted molar refractivity (Wildman–Crippen MR) is 114 cm³/mol. The molecule has 2 amide bonds. The minimum atomic E-state index is -0.771. The van der Waals surface area contributed by atoms with Crippen molar-refractivity contribution < 1.29 is 18.7 Å². The van der Waals surface area contributed by atoms with Crippen molar-refractivity contribution in [3.05, 3.63) is 78.4 Å². The van der Waals surface area contributed by atoms with E-state index in [-0.39, 0.29) is 18.0 Å². The molecular weight excluding hydrogens is 385 g/mol. The number of hydrogen-bond acceptors (Lipinski definition) is 3. The molecule has 0 aliphatic heterocycles. The molecule has 0 saturated heterocycles. The summed E-state index contributed by atoms with van der Waals surface area (Å²) < 4.78 is 21.1. The van der Waals surface area contributed by atoms with Gasteiger partial charge in [-0.25, -0.2) is 9.18 Å². The van der Waals surface area contributed by atoms with Crippen LogP contribution in [0.1, 0.15) is 26.3 Å². The number of benzene rings is 2. The fourth-order valence-corrected chi connectivity index (χ4v) is 2.80. The third-order valence-electron chi connectivity index (χ3n) is 4.09. The van der Waals surface area contributed by atoms with Gasteiger partial charge in [0.25, 0.3) is 0 Å². The molecule has 156 valence electrons. The topological polar surface area (TPSA) is 72.4 Å². The van der Waals surface area contributed by atoms with Gasteiger partial charge in [0.1, 0.15) is 11.4 Å². The van der Waals surface area contributed by atoms with Crippen molar-refractivity contribution in [3.8, 4) is 5.69 Å². The van der Waals surface area contributed by atoms with E-state index in [1.807, 2.05) is 53.4 Å². The fourth-order valence-electron chi connectivity index (χ4n) is 2.80. The summed E-state index contributed by atoms with van der Waals surface area (Å²) in [7, 11) is 0. The number of aromatic nitrogens is 1. The Morgan fingerprint density at radius 2 is 1.67 bits per heavy atom. The van der Waals surface area contributed by atoms with Crippen molar-refractivity contribution in [2.24, 2.45) is 0 Å². The second-order valence-corrected chi connectivity index (χ2v) is 7.80. The molecule has 0 radical (unpaired) electrons. The first-order chi connectivity index (χ1) is 14.2. The fraction of sp³-hybridized carbons (Fsp3) is 0.217. The Kier molecular flexibility index (Phi) is 6.20. The lowest BCUT2D eigenvalue weighted by Crippen LogP contribution is -2.27. The van der Waals surface area contributed by atoms with Gasteiger partial charge in [-0.15, -0.1) is 0 Å². The van der Waals surface area contributed by atoms with E-state index < -0.39 is 17.5 Å². The highest BCUT2D eigenvalue weighted by Crippen LogP contribution is 2.21. The molecule has 0 bridgehead atoms. The molecule has 3 rings (SSSR count). The van der Waals surface area contributed by atoms with Gasteiger partial charge in [-0.05, 0) is 68.8 Å². The molecule has 30 heavy (non-hydrogen) atoms. The van der Waals surface area contributed by atoms with E-state index in [1.165, 1.54) is 18.2 Å². The maximum Gasteiger partial charge on any atom is 0.412 e. The summed E-state index contributed by atoms with van der Waals surface area (Å²) in [6.07, 6.45) is 3.28. The smallest absolute Gasteiger partial charge is 0.412 e. The first kappa shape index (κ1) is 21.1. The molecule has 7 heteroatoms. The number of ether oxygens (including phenoxy) is 1. The zero-order chi connectivity index (χ0) is 21.7. The predicted octanol–water partition coefficient (Wildman–Crippen LogP) is 5.14. The van der Waals surface area contributed by atoms with Crippen molar-refractivity contribution in [1.82, 2.24) is 4.57 Å². The van der Waals surface area contributed by atoms with Crippen LogP contribution in [0.25, 0.3) is 5.69 Å². The highest BCUT2D eigenvalue weighted by Gasteiger charge is 2.18. The van der Waals surface area contributed by atoms with Crippen LogP contribution in [-0.4, -0.2) is 22.2 Å². The van der Waals surface area contributed by atoms with E-state index in [0.29, 0.717) is 5.69 Å². The lowest BCUT2D eigenvalue weighted by atomic mass is 10.1.